The summed E-state index contributed by atoms with van der Waals surface area (Å²) < 4.78 is 0. The number of hydrogen-bond donors (Lipinski definition) is 3. The fourth-order valence-electron chi connectivity index (χ4n) is 3.04. The van der Waals surface area contributed by atoms with Gasteiger partial charge in [-0.15, -0.1) is 11.8 Å². The third-order valence-corrected chi connectivity index (χ3v) is 6.07. The van der Waals surface area contributed by atoms with Crippen molar-refractivity contribution in [1.82, 2.24) is 0 Å². The normalized spacial score (nSPS) is 10.5. The van der Waals surface area contributed by atoms with Crippen molar-refractivity contribution in [3.05, 3.63) is 83.9 Å². The molecule has 0 radical (unpaired) electrons. The molecule has 0 aliphatic rings. The second-order valence-corrected chi connectivity index (χ2v) is 9.31. The number of benzene rings is 3. The average Bonchev–Trinajstić information content (AvgIpc) is 2.78. The van der Waals surface area contributed by atoms with Crippen molar-refractivity contribution in [3.8, 4) is 0 Å². The largest absolute Gasteiger partial charge is 0.332 e. The van der Waals surface area contributed by atoms with E-state index in [1.807, 2.05) is 60.7 Å². The van der Waals surface area contributed by atoms with Crippen molar-refractivity contribution < 1.29 is 9.59 Å². The lowest BCUT2D eigenvalue weighted by atomic mass is 10.0. The maximum atomic E-state index is 12.3. The smallest absolute Gasteiger partial charge is 0.234 e. The quantitative estimate of drug-likeness (QED) is 0.194. The lowest BCUT2D eigenvalue weighted by molar-refractivity contribution is -0.113. The van der Waals surface area contributed by atoms with Crippen LogP contribution in [0.5, 0.6) is 0 Å². The van der Waals surface area contributed by atoms with Gasteiger partial charge in [-0.25, -0.2) is 0 Å². The van der Waals surface area contributed by atoms with Crippen molar-refractivity contribution in [2.75, 3.05) is 21.7 Å². The Morgan fingerprint density at radius 2 is 1.45 bits per heavy atom. The second-order valence-electron chi connectivity index (χ2n) is 7.85. The van der Waals surface area contributed by atoms with Crippen molar-refractivity contribution >= 4 is 57.8 Å². The predicted molar refractivity (Wildman–Crippen MR) is 143 cm³/mol. The minimum atomic E-state index is -0.0538. The summed E-state index contributed by atoms with van der Waals surface area (Å²) in [4.78, 5) is 24.7. The van der Waals surface area contributed by atoms with E-state index < -0.39 is 0 Å². The molecule has 3 aromatic carbocycles. The molecule has 3 aromatic rings. The first-order chi connectivity index (χ1) is 15.8. The van der Waals surface area contributed by atoms with E-state index in [4.69, 9.17) is 12.2 Å². The topological polar surface area (TPSA) is 70.2 Å². The Morgan fingerprint density at radius 1 is 0.848 bits per heavy atom. The standard InChI is InChI=1S/C26H27N3O2S2/c1-17(2)19-7-11-21(12-8-19)27-25(31)16-33-24-6-4-5-23(15-24)29-26(32)28-22-13-9-20(10-14-22)18(3)30/h4-15,17H,16H2,1-3H3,(H,27,31)(H2,28,29,32). The van der Waals surface area contributed by atoms with Crippen LogP contribution in [-0.2, 0) is 4.79 Å². The fourth-order valence-corrected chi connectivity index (χ4v) is 4.03. The molecule has 0 saturated heterocycles. The summed E-state index contributed by atoms with van der Waals surface area (Å²) in [5.41, 5.74) is 4.31. The Balaban J connectivity index is 1.50. The lowest BCUT2D eigenvalue weighted by Gasteiger charge is -2.12. The first-order valence-electron chi connectivity index (χ1n) is 10.6. The number of thioether (sulfide) groups is 1. The molecule has 0 atom stereocenters. The van der Waals surface area contributed by atoms with Crippen LogP contribution in [0.15, 0.2) is 77.7 Å². The molecule has 0 unspecified atom stereocenters. The summed E-state index contributed by atoms with van der Waals surface area (Å²) >= 11 is 6.85. The predicted octanol–water partition coefficient (Wildman–Crippen LogP) is 6.55. The first kappa shape index (κ1) is 24.5. The van der Waals surface area contributed by atoms with E-state index in [0.29, 0.717) is 22.3 Å². The summed E-state index contributed by atoms with van der Waals surface area (Å²) in [5.74, 6) is 0.735. The molecule has 0 aliphatic heterocycles. The van der Waals surface area contributed by atoms with Gasteiger partial charge in [-0.3, -0.25) is 9.59 Å². The highest BCUT2D eigenvalue weighted by Gasteiger charge is 2.07. The third-order valence-electron chi connectivity index (χ3n) is 4.87. The minimum Gasteiger partial charge on any atom is -0.332 e. The Bertz CT molecular complexity index is 1130. The summed E-state index contributed by atoms with van der Waals surface area (Å²) in [6, 6.07) is 22.8. The van der Waals surface area contributed by atoms with Crippen LogP contribution in [0.1, 0.15) is 42.6 Å². The summed E-state index contributed by atoms with van der Waals surface area (Å²) in [7, 11) is 0. The highest BCUT2D eigenvalue weighted by molar-refractivity contribution is 8.00. The molecule has 1 amide bonds. The van der Waals surface area contributed by atoms with Crippen molar-refractivity contribution in [2.45, 2.75) is 31.6 Å². The van der Waals surface area contributed by atoms with Crippen LogP contribution in [0.3, 0.4) is 0 Å². The molecular weight excluding hydrogens is 450 g/mol. The second kappa shape index (κ2) is 11.6. The lowest BCUT2D eigenvalue weighted by Crippen LogP contribution is -2.19. The van der Waals surface area contributed by atoms with Gasteiger partial charge in [0.2, 0.25) is 5.91 Å². The van der Waals surface area contributed by atoms with Gasteiger partial charge in [0.25, 0.3) is 0 Å². The van der Waals surface area contributed by atoms with Gasteiger partial charge < -0.3 is 16.0 Å². The molecule has 33 heavy (non-hydrogen) atoms. The van der Waals surface area contributed by atoms with Gasteiger partial charge >= 0.3 is 0 Å². The van der Waals surface area contributed by atoms with Gasteiger partial charge in [-0.1, -0.05) is 32.0 Å². The van der Waals surface area contributed by atoms with Gasteiger partial charge in [0, 0.05) is 27.5 Å². The maximum absolute atomic E-state index is 12.3. The van der Waals surface area contributed by atoms with Crippen molar-refractivity contribution in [3.63, 3.8) is 0 Å². The summed E-state index contributed by atoms with van der Waals surface area (Å²) in [6.07, 6.45) is 0. The number of amides is 1. The third kappa shape index (κ3) is 7.73. The van der Waals surface area contributed by atoms with Crippen LogP contribution >= 0.6 is 24.0 Å². The Labute approximate surface area is 204 Å². The fraction of sp³-hybridized carbons (Fsp3) is 0.192. The maximum Gasteiger partial charge on any atom is 0.234 e. The van der Waals surface area contributed by atoms with Gasteiger partial charge in [0.1, 0.15) is 0 Å². The zero-order valence-corrected chi connectivity index (χ0v) is 20.5. The van der Waals surface area contributed by atoms with E-state index in [9.17, 15) is 9.59 Å². The SMILES string of the molecule is CC(=O)c1ccc(NC(=S)Nc2cccc(SCC(=O)Nc3ccc(C(C)C)cc3)c2)cc1. The van der Waals surface area contributed by atoms with Crippen LogP contribution in [0.25, 0.3) is 0 Å². The number of ketones is 1. The molecule has 0 aliphatic carbocycles. The van der Waals surface area contributed by atoms with Crippen LogP contribution in [0, 0.1) is 0 Å². The Kier molecular flexibility index (Phi) is 8.63. The van der Waals surface area contributed by atoms with Crippen molar-refractivity contribution in [1.29, 1.82) is 0 Å². The van der Waals surface area contributed by atoms with E-state index in [1.165, 1.54) is 24.2 Å². The van der Waals surface area contributed by atoms with E-state index in [-0.39, 0.29) is 11.7 Å². The number of carbonyl (C=O) groups excluding carboxylic acids is 2. The number of thiocarbonyl (C=S) groups is 1. The number of hydrogen-bond acceptors (Lipinski definition) is 4. The van der Waals surface area contributed by atoms with Gasteiger partial charge in [0.05, 0.1) is 5.75 Å². The molecule has 7 heteroatoms. The molecule has 3 rings (SSSR count). The van der Waals surface area contributed by atoms with Crippen LogP contribution in [0.2, 0.25) is 0 Å². The zero-order valence-electron chi connectivity index (χ0n) is 18.8. The zero-order chi connectivity index (χ0) is 23.8. The molecule has 3 N–H and O–H groups in total. The van der Waals surface area contributed by atoms with Gasteiger partial charge in [-0.2, -0.15) is 0 Å². The molecule has 170 valence electrons. The monoisotopic (exact) mass is 477 g/mol. The highest BCUT2D eigenvalue weighted by Crippen LogP contribution is 2.23. The number of rotatable bonds is 8. The van der Waals surface area contributed by atoms with E-state index in [2.05, 4.69) is 29.8 Å². The Morgan fingerprint density at radius 3 is 2.09 bits per heavy atom. The number of carbonyl (C=O) groups is 2. The molecule has 0 heterocycles. The van der Waals surface area contributed by atoms with Crippen LogP contribution < -0.4 is 16.0 Å². The van der Waals surface area contributed by atoms with Crippen LogP contribution in [0.4, 0.5) is 17.1 Å². The van der Waals surface area contributed by atoms with Crippen LogP contribution in [-0.4, -0.2) is 22.6 Å². The molecule has 0 saturated carbocycles. The first-order valence-corrected chi connectivity index (χ1v) is 12.0. The molecule has 0 aromatic heterocycles. The van der Waals surface area contributed by atoms with Gasteiger partial charge in [-0.05, 0) is 85.2 Å². The average molecular weight is 478 g/mol. The molecule has 0 bridgehead atoms. The number of Topliss-reactive ketones (excluding diaryl/α,β-unsaturated/α-hetero) is 1. The molecular formula is C26H27N3O2S2. The molecule has 0 spiro atoms. The minimum absolute atomic E-state index is 0.0225. The van der Waals surface area contributed by atoms with E-state index in [0.717, 1.165) is 22.0 Å². The number of anilines is 3. The van der Waals surface area contributed by atoms with Gasteiger partial charge in [0.15, 0.2) is 10.9 Å². The summed E-state index contributed by atoms with van der Waals surface area (Å²) in [6.45, 7) is 5.82. The number of nitrogens with one attached hydrogen (secondary N) is 3. The Hall–Kier alpha value is -3.16. The van der Waals surface area contributed by atoms with E-state index >= 15 is 0 Å². The summed E-state index contributed by atoms with van der Waals surface area (Å²) in [5, 5.41) is 9.63. The van der Waals surface area contributed by atoms with E-state index in [1.54, 1.807) is 12.1 Å². The highest BCUT2D eigenvalue weighted by atomic mass is 32.2. The van der Waals surface area contributed by atoms with Crippen molar-refractivity contribution in [2.24, 2.45) is 0 Å². The molecule has 5 nitrogen and oxygen atoms in total. The molecule has 0 fully saturated rings.